The molecule has 1 aliphatic rings. The van der Waals surface area contributed by atoms with Crippen LogP contribution < -0.4 is 5.32 Å². The summed E-state index contributed by atoms with van der Waals surface area (Å²) in [6.45, 7) is 3.26. The summed E-state index contributed by atoms with van der Waals surface area (Å²) in [4.78, 5) is 4.57. The number of hydrogen-bond acceptors (Lipinski definition) is 3. The van der Waals surface area contributed by atoms with Crippen LogP contribution >= 0.6 is 23.7 Å². The average Bonchev–Trinajstić information content (AvgIpc) is 2.88. The Bertz CT molecular complexity index is 295. The van der Waals surface area contributed by atoms with Gasteiger partial charge in [-0.05, 0) is 19.3 Å². The minimum Gasteiger partial charge on any atom is -0.314 e. The first-order valence-corrected chi connectivity index (χ1v) is 6.93. The number of nitrogens with zero attached hydrogens (tertiary/aromatic N) is 1. The molecule has 0 aromatic carbocycles. The van der Waals surface area contributed by atoms with Crippen LogP contribution in [0.15, 0.2) is 5.38 Å². The number of halogens is 1. The average molecular weight is 261 g/mol. The van der Waals surface area contributed by atoms with E-state index in [9.17, 15) is 0 Å². The fourth-order valence-electron chi connectivity index (χ4n) is 2.16. The number of aromatic nitrogens is 1. The first kappa shape index (κ1) is 13.9. The number of hydrogen-bond donors (Lipinski definition) is 1. The molecule has 1 aliphatic carbocycles. The molecule has 0 bridgehead atoms. The zero-order valence-electron chi connectivity index (χ0n) is 9.87. The molecule has 0 amide bonds. The van der Waals surface area contributed by atoms with E-state index in [4.69, 9.17) is 0 Å². The molecule has 0 atom stereocenters. The van der Waals surface area contributed by atoms with Crippen molar-refractivity contribution >= 4 is 23.7 Å². The van der Waals surface area contributed by atoms with Gasteiger partial charge in [0.25, 0.3) is 0 Å². The van der Waals surface area contributed by atoms with Crippen LogP contribution in [0.2, 0.25) is 0 Å². The van der Waals surface area contributed by atoms with Crippen LogP contribution in [0.1, 0.15) is 43.3 Å². The highest BCUT2D eigenvalue weighted by Gasteiger charge is 2.13. The van der Waals surface area contributed by atoms with Gasteiger partial charge in [0.2, 0.25) is 0 Å². The normalized spacial score (nSPS) is 16.3. The summed E-state index contributed by atoms with van der Waals surface area (Å²) in [7, 11) is 0. The van der Waals surface area contributed by atoms with Gasteiger partial charge in [0, 0.05) is 24.4 Å². The van der Waals surface area contributed by atoms with Gasteiger partial charge in [-0.15, -0.1) is 23.7 Å². The van der Waals surface area contributed by atoms with Crippen LogP contribution in [-0.2, 0) is 12.8 Å². The molecule has 16 heavy (non-hydrogen) atoms. The summed E-state index contributed by atoms with van der Waals surface area (Å²) in [5.41, 5.74) is 1.27. The minimum atomic E-state index is 0. The fourth-order valence-corrected chi connectivity index (χ4v) is 2.94. The van der Waals surface area contributed by atoms with Crippen LogP contribution in [0.4, 0.5) is 0 Å². The maximum Gasteiger partial charge on any atom is 0.0925 e. The highest BCUT2D eigenvalue weighted by Crippen LogP contribution is 2.17. The van der Waals surface area contributed by atoms with Gasteiger partial charge in [0.05, 0.1) is 10.7 Å². The first-order valence-electron chi connectivity index (χ1n) is 6.05. The Balaban J connectivity index is 0.00000128. The lowest BCUT2D eigenvalue weighted by atomic mass is 10.2. The molecule has 1 aromatic heterocycles. The lowest BCUT2D eigenvalue weighted by Crippen LogP contribution is -2.28. The number of aryl methyl sites for hydroxylation is 1. The third kappa shape index (κ3) is 4.04. The van der Waals surface area contributed by atoms with E-state index in [1.165, 1.54) is 36.4 Å². The molecule has 1 saturated carbocycles. The summed E-state index contributed by atoms with van der Waals surface area (Å²) < 4.78 is 0. The molecule has 0 spiro atoms. The summed E-state index contributed by atoms with van der Waals surface area (Å²) in [6, 6.07) is 0.786. The van der Waals surface area contributed by atoms with Crippen LogP contribution in [0.5, 0.6) is 0 Å². The van der Waals surface area contributed by atoms with E-state index >= 15 is 0 Å². The molecule has 1 N–H and O–H groups in total. The molecular formula is C12H21ClN2S. The van der Waals surface area contributed by atoms with Gasteiger partial charge in [0.1, 0.15) is 0 Å². The van der Waals surface area contributed by atoms with E-state index in [2.05, 4.69) is 22.6 Å². The molecule has 92 valence electrons. The lowest BCUT2D eigenvalue weighted by molar-refractivity contribution is 0.526. The standard InChI is InChI=1S/C12H20N2S.ClH/c1-2-12-14-11(9-15-12)7-8-13-10-5-3-4-6-10;/h9-10,13H,2-8H2,1H3;1H. The van der Waals surface area contributed by atoms with Crippen molar-refractivity contribution in [1.29, 1.82) is 0 Å². The monoisotopic (exact) mass is 260 g/mol. The maximum absolute atomic E-state index is 4.57. The minimum absolute atomic E-state index is 0. The zero-order valence-corrected chi connectivity index (χ0v) is 11.5. The molecule has 1 aromatic rings. The van der Waals surface area contributed by atoms with Crippen molar-refractivity contribution in [3.63, 3.8) is 0 Å². The van der Waals surface area contributed by atoms with Gasteiger partial charge < -0.3 is 5.32 Å². The zero-order chi connectivity index (χ0) is 10.5. The third-order valence-electron chi connectivity index (χ3n) is 3.07. The summed E-state index contributed by atoms with van der Waals surface area (Å²) >= 11 is 1.79. The first-order chi connectivity index (χ1) is 7.38. The van der Waals surface area contributed by atoms with Crippen molar-refractivity contribution in [3.8, 4) is 0 Å². The maximum atomic E-state index is 4.57. The second kappa shape index (κ2) is 7.25. The third-order valence-corrected chi connectivity index (χ3v) is 4.11. The summed E-state index contributed by atoms with van der Waals surface area (Å²) in [5, 5.41) is 7.09. The Morgan fingerprint density at radius 1 is 1.44 bits per heavy atom. The van der Waals surface area contributed by atoms with Gasteiger partial charge in [-0.2, -0.15) is 0 Å². The Labute approximate surface area is 108 Å². The molecule has 2 rings (SSSR count). The van der Waals surface area contributed by atoms with Crippen molar-refractivity contribution < 1.29 is 0 Å². The largest absolute Gasteiger partial charge is 0.314 e. The molecule has 1 fully saturated rings. The smallest absolute Gasteiger partial charge is 0.0925 e. The Kier molecular flexibility index (Phi) is 6.32. The molecule has 2 nitrogen and oxygen atoms in total. The Morgan fingerprint density at radius 2 is 2.19 bits per heavy atom. The van der Waals surface area contributed by atoms with E-state index in [0.717, 1.165) is 25.4 Å². The summed E-state index contributed by atoms with van der Waals surface area (Å²) in [5.74, 6) is 0. The van der Waals surface area contributed by atoms with Crippen LogP contribution in [0.3, 0.4) is 0 Å². The van der Waals surface area contributed by atoms with E-state index < -0.39 is 0 Å². The number of nitrogens with one attached hydrogen (secondary N) is 1. The predicted octanol–water partition coefficient (Wildman–Crippen LogP) is 3.20. The molecule has 0 unspecified atom stereocenters. The highest BCUT2D eigenvalue weighted by atomic mass is 35.5. The van der Waals surface area contributed by atoms with E-state index in [1.807, 2.05) is 0 Å². The van der Waals surface area contributed by atoms with Crippen molar-refractivity contribution in [2.24, 2.45) is 0 Å². The van der Waals surface area contributed by atoms with Gasteiger partial charge in [-0.25, -0.2) is 4.98 Å². The van der Waals surface area contributed by atoms with Gasteiger partial charge >= 0.3 is 0 Å². The van der Waals surface area contributed by atoms with Crippen LogP contribution in [-0.4, -0.2) is 17.6 Å². The topological polar surface area (TPSA) is 24.9 Å². The molecule has 4 heteroatoms. The molecule has 0 saturated heterocycles. The quantitative estimate of drug-likeness (QED) is 0.880. The van der Waals surface area contributed by atoms with Crippen LogP contribution in [0.25, 0.3) is 0 Å². The van der Waals surface area contributed by atoms with E-state index in [-0.39, 0.29) is 12.4 Å². The summed E-state index contributed by atoms with van der Waals surface area (Å²) in [6.07, 6.45) is 7.73. The number of thiazole rings is 1. The van der Waals surface area contributed by atoms with Gasteiger partial charge in [0.15, 0.2) is 0 Å². The van der Waals surface area contributed by atoms with E-state index in [0.29, 0.717) is 0 Å². The molecule has 0 aliphatic heterocycles. The number of rotatable bonds is 5. The van der Waals surface area contributed by atoms with Crippen molar-refractivity contribution in [2.75, 3.05) is 6.54 Å². The fraction of sp³-hybridized carbons (Fsp3) is 0.750. The molecule has 0 radical (unpaired) electrons. The van der Waals surface area contributed by atoms with E-state index in [1.54, 1.807) is 11.3 Å². The van der Waals surface area contributed by atoms with Gasteiger partial charge in [-0.1, -0.05) is 19.8 Å². The molecular weight excluding hydrogens is 240 g/mol. The highest BCUT2D eigenvalue weighted by molar-refractivity contribution is 7.09. The second-order valence-electron chi connectivity index (χ2n) is 4.27. The van der Waals surface area contributed by atoms with Crippen LogP contribution in [0, 0.1) is 0 Å². The van der Waals surface area contributed by atoms with Crippen molar-refractivity contribution in [2.45, 2.75) is 51.5 Å². The van der Waals surface area contributed by atoms with Gasteiger partial charge in [-0.3, -0.25) is 0 Å². The van der Waals surface area contributed by atoms with Crippen molar-refractivity contribution in [1.82, 2.24) is 10.3 Å². The predicted molar refractivity (Wildman–Crippen MR) is 72.7 cm³/mol. The lowest BCUT2D eigenvalue weighted by Gasteiger charge is -2.10. The SMILES string of the molecule is CCc1nc(CCNC2CCCC2)cs1.Cl. The van der Waals surface area contributed by atoms with Crippen molar-refractivity contribution in [3.05, 3.63) is 16.1 Å². The molecule has 1 heterocycles. The second-order valence-corrected chi connectivity index (χ2v) is 5.21. The Morgan fingerprint density at radius 3 is 2.81 bits per heavy atom. The Hall–Kier alpha value is -0.120.